The first-order valence-corrected chi connectivity index (χ1v) is 6.31. The van der Waals surface area contributed by atoms with E-state index < -0.39 is 36.7 Å². The summed E-state index contributed by atoms with van der Waals surface area (Å²) < 4.78 is 25.5. The number of alkyl halides is 3. The highest BCUT2D eigenvalue weighted by molar-refractivity contribution is 9.09. The van der Waals surface area contributed by atoms with E-state index in [1.165, 1.54) is 0 Å². The second-order valence-electron chi connectivity index (χ2n) is 2.83. The van der Waals surface area contributed by atoms with Gasteiger partial charge in [0.1, 0.15) is 19.9 Å². The molecule has 0 N–H and O–H groups in total. The third-order valence-corrected chi connectivity index (χ3v) is 2.20. The van der Waals surface area contributed by atoms with Crippen LogP contribution in [0.4, 0.5) is 4.39 Å². The summed E-state index contributed by atoms with van der Waals surface area (Å²) in [5, 5.41) is -0.760. The number of halogens is 3. The summed E-state index contributed by atoms with van der Waals surface area (Å²) in [5.41, 5.74) is 0. The number of rotatable bonds is 9. The van der Waals surface area contributed by atoms with Crippen molar-refractivity contribution in [1.82, 2.24) is 0 Å². The molecule has 6 nitrogen and oxygen atoms in total. The van der Waals surface area contributed by atoms with E-state index in [0.29, 0.717) is 5.33 Å². The summed E-state index contributed by atoms with van der Waals surface area (Å²) in [7, 11) is 0. The maximum absolute atomic E-state index is 12.2. The van der Waals surface area contributed by atoms with Crippen LogP contribution in [0.25, 0.3) is 0 Å². The molecule has 0 aromatic rings. The Morgan fingerprint density at radius 3 is 2.50 bits per heavy atom. The van der Waals surface area contributed by atoms with Crippen LogP contribution in [0.2, 0.25) is 0 Å². The molecule has 0 aliphatic carbocycles. The first kappa shape index (κ1) is 17.1. The second kappa shape index (κ2) is 10.1. The number of hydrogen-bond acceptors (Lipinski definition) is 6. The van der Waals surface area contributed by atoms with Crippen LogP contribution in [-0.2, 0) is 28.6 Å². The lowest BCUT2D eigenvalue weighted by atomic mass is 10.4. The molecule has 0 heterocycles. The number of ether oxygens (including phenoxy) is 3. The zero-order valence-electron chi connectivity index (χ0n) is 9.14. The molecule has 0 aliphatic heterocycles. The van der Waals surface area contributed by atoms with Gasteiger partial charge in [-0.3, -0.25) is 9.59 Å². The Labute approximate surface area is 116 Å². The van der Waals surface area contributed by atoms with Gasteiger partial charge in [-0.05, 0) is 0 Å². The van der Waals surface area contributed by atoms with Crippen LogP contribution < -0.4 is 0 Å². The first-order chi connectivity index (χ1) is 8.56. The number of carbonyl (C=O) groups is 3. The van der Waals surface area contributed by atoms with Crippen LogP contribution in [-0.4, -0.2) is 55.1 Å². The molecule has 0 fully saturated rings. The lowest BCUT2D eigenvalue weighted by Gasteiger charge is -2.13. The van der Waals surface area contributed by atoms with E-state index >= 15 is 0 Å². The fourth-order valence-electron chi connectivity index (χ4n) is 0.768. The highest BCUT2D eigenvalue weighted by atomic mass is 79.9. The minimum Gasteiger partial charge on any atom is -0.464 e. The Morgan fingerprint density at radius 1 is 1.33 bits per heavy atom. The summed E-state index contributed by atoms with van der Waals surface area (Å²) in [6.45, 7) is -1.68. The van der Waals surface area contributed by atoms with Crippen LogP contribution in [0.3, 0.4) is 0 Å². The fraction of sp³-hybridized carbons (Fsp3) is 0.667. The largest absolute Gasteiger partial charge is 0.464 e. The lowest BCUT2D eigenvalue weighted by Crippen LogP contribution is -2.32. The average molecular weight is 350 g/mol. The van der Waals surface area contributed by atoms with Gasteiger partial charge in [-0.2, -0.15) is 0 Å². The van der Waals surface area contributed by atoms with Crippen molar-refractivity contribution in [2.75, 3.05) is 25.2 Å². The van der Waals surface area contributed by atoms with E-state index in [1.54, 1.807) is 0 Å². The predicted octanol–water partition coefficient (Wildman–Crippen LogP) is 0.586. The van der Waals surface area contributed by atoms with Crippen molar-refractivity contribution in [3.63, 3.8) is 0 Å². The SMILES string of the molecule is O=COC(CF)C(=O)OCC(Cl)C(=O)OCCBr. The van der Waals surface area contributed by atoms with Gasteiger partial charge in [0.05, 0.1) is 0 Å². The van der Waals surface area contributed by atoms with Gasteiger partial charge in [0.15, 0.2) is 5.38 Å². The number of esters is 2. The zero-order chi connectivity index (χ0) is 14.0. The molecule has 0 saturated carbocycles. The van der Waals surface area contributed by atoms with E-state index in [-0.39, 0.29) is 13.1 Å². The van der Waals surface area contributed by atoms with Gasteiger partial charge < -0.3 is 14.2 Å². The monoisotopic (exact) mass is 348 g/mol. The average Bonchev–Trinajstić information content (AvgIpc) is 2.38. The second-order valence-corrected chi connectivity index (χ2v) is 4.15. The highest BCUT2D eigenvalue weighted by Crippen LogP contribution is 2.03. The standard InChI is InChI=1S/C9H11BrClFO6/c10-1-2-16-8(14)6(11)4-17-9(15)7(3-12)18-5-13/h5-7H,1-4H2. The molecule has 9 heteroatoms. The van der Waals surface area contributed by atoms with Crippen molar-refractivity contribution in [2.24, 2.45) is 0 Å². The molecule has 0 spiro atoms. The zero-order valence-corrected chi connectivity index (χ0v) is 11.5. The molecular weight excluding hydrogens is 338 g/mol. The Bertz CT molecular complexity index is 290. The van der Waals surface area contributed by atoms with E-state index in [0.717, 1.165) is 0 Å². The predicted molar refractivity (Wildman–Crippen MR) is 62.3 cm³/mol. The van der Waals surface area contributed by atoms with Gasteiger partial charge in [0.2, 0.25) is 6.10 Å². The summed E-state index contributed by atoms with van der Waals surface area (Å²) in [4.78, 5) is 32.2. The Morgan fingerprint density at radius 2 is 2.00 bits per heavy atom. The van der Waals surface area contributed by atoms with Gasteiger partial charge in [-0.1, -0.05) is 15.9 Å². The molecule has 2 atom stereocenters. The van der Waals surface area contributed by atoms with Crippen LogP contribution in [0.15, 0.2) is 0 Å². The fourth-order valence-corrected chi connectivity index (χ4v) is 1.06. The third-order valence-electron chi connectivity index (χ3n) is 1.57. The summed E-state index contributed by atoms with van der Waals surface area (Å²) in [6.07, 6.45) is -1.65. The Hall–Kier alpha value is -0.890. The number of hydrogen-bond donors (Lipinski definition) is 0. The van der Waals surface area contributed by atoms with Crippen molar-refractivity contribution in [3.05, 3.63) is 0 Å². The molecule has 0 aliphatic rings. The maximum atomic E-state index is 12.2. The van der Waals surface area contributed by atoms with E-state index in [2.05, 4.69) is 30.1 Å². The van der Waals surface area contributed by atoms with Crippen molar-refractivity contribution in [1.29, 1.82) is 0 Å². The summed E-state index contributed by atoms with van der Waals surface area (Å²) in [6, 6.07) is 0. The topological polar surface area (TPSA) is 78.9 Å². The highest BCUT2D eigenvalue weighted by Gasteiger charge is 2.25. The van der Waals surface area contributed by atoms with Crippen LogP contribution in [0, 0.1) is 0 Å². The minimum atomic E-state index is -1.65. The Kier molecular flexibility index (Phi) is 9.57. The maximum Gasteiger partial charge on any atom is 0.350 e. The molecular formula is C9H11BrClFO6. The van der Waals surface area contributed by atoms with Crippen LogP contribution in [0.1, 0.15) is 0 Å². The molecule has 18 heavy (non-hydrogen) atoms. The van der Waals surface area contributed by atoms with E-state index in [1.807, 2.05) is 0 Å². The summed E-state index contributed by atoms with van der Waals surface area (Å²) >= 11 is 8.60. The van der Waals surface area contributed by atoms with Crippen LogP contribution in [0.5, 0.6) is 0 Å². The molecule has 0 amide bonds. The van der Waals surface area contributed by atoms with Gasteiger partial charge in [-0.25, -0.2) is 9.18 Å². The minimum absolute atomic E-state index is 0.0754. The molecule has 104 valence electrons. The van der Waals surface area contributed by atoms with Crippen molar-refractivity contribution in [3.8, 4) is 0 Å². The molecule has 0 saturated heterocycles. The van der Waals surface area contributed by atoms with Crippen molar-refractivity contribution >= 4 is 45.9 Å². The Balaban J connectivity index is 4.02. The molecule has 2 unspecified atom stereocenters. The van der Waals surface area contributed by atoms with Gasteiger partial charge in [0, 0.05) is 5.33 Å². The lowest BCUT2D eigenvalue weighted by molar-refractivity contribution is -0.163. The quantitative estimate of drug-likeness (QED) is 0.262. The first-order valence-electron chi connectivity index (χ1n) is 4.75. The molecule has 0 radical (unpaired) electrons. The smallest absolute Gasteiger partial charge is 0.350 e. The summed E-state index contributed by atoms with van der Waals surface area (Å²) in [5.74, 6) is -1.89. The van der Waals surface area contributed by atoms with E-state index in [4.69, 9.17) is 11.6 Å². The third kappa shape index (κ3) is 6.75. The van der Waals surface area contributed by atoms with E-state index in [9.17, 15) is 18.8 Å². The molecule has 0 aromatic heterocycles. The van der Waals surface area contributed by atoms with Gasteiger partial charge in [0.25, 0.3) is 6.47 Å². The van der Waals surface area contributed by atoms with Crippen molar-refractivity contribution in [2.45, 2.75) is 11.5 Å². The van der Waals surface area contributed by atoms with Crippen molar-refractivity contribution < 1.29 is 33.0 Å². The molecule has 0 aromatic carbocycles. The van der Waals surface area contributed by atoms with Gasteiger partial charge in [-0.15, -0.1) is 11.6 Å². The van der Waals surface area contributed by atoms with Crippen LogP contribution >= 0.6 is 27.5 Å². The molecule has 0 bridgehead atoms. The molecule has 0 rings (SSSR count). The van der Waals surface area contributed by atoms with Gasteiger partial charge >= 0.3 is 11.9 Å². The number of carbonyl (C=O) groups excluding carboxylic acids is 3. The normalized spacial score (nSPS) is 13.3.